The quantitative estimate of drug-likeness (QED) is 0.469. The molecule has 0 saturated heterocycles. The van der Waals surface area contributed by atoms with Gasteiger partial charge in [-0.2, -0.15) is 0 Å². The number of amides is 4. The molecule has 144 valence electrons. The minimum absolute atomic E-state index is 0.286. The number of rotatable bonds is 2. The number of hydrogen-bond acceptors (Lipinski definition) is 6. The zero-order valence-corrected chi connectivity index (χ0v) is 16.7. The number of thiophene rings is 2. The molecule has 0 saturated carbocycles. The summed E-state index contributed by atoms with van der Waals surface area (Å²) in [5.41, 5.74) is 2.33. The fourth-order valence-electron chi connectivity index (χ4n) is 4.18. The molecular weight excluding hydrogens is 420 g/mol. The molecule has 4 amide bonds. The smallest absolute Gasteiger partial charge is 0.259 e. The van der Waals surface area contributed by atoms with E-state index in [-0.39, 0.29) is 11.1 Å². The van der Waals surface area contributed by atoms with Crippen molar-refractivity contribution in [1.29, 1.82) is 0 Å². The minimum atomic E-state index is -0.537. The van der Waals surface area contributed by atoms with Gasteiger partial charge in [-0.1, -0.05) is 12.1 Å². The average molecular weight is 430 g/mol. The van der Waals surface area contributed by atoms with E-state index in [0.29, 0.717) is 33.0 Å². The van der Waals surface area contributed by atoms with Crippen LogP contribution in [0.15, 0.2) is 47.2 Å². The zero-order valence-electron chi connectivity index (χ0n) is 15.1. The summed E-state index contributed by atoms with van der Waals surface area (Å²) in [6.07, 6.45) is 0. The van der Waals surface area contributed by atoms with Crippen molar-refractivity contribution in [2.75, 3.05) is 0 Å². The van der Waals surface area contributed by atoms with E-state index in [2.05, 4.69) is 10.6 Å². The number of imide groups is 2. The third kappa shape index (κ3) is 2.17. The number of hydrogen-bond donors (Lipinski definition) is 2. The lowest BCUT2D eigenvalue weighted by Crippen LogP contribution is -2.39. The number of carbonyl (C=O) groups is 4. The van der Waals surface area contributed by atoms with Gasteiger partial charge >= 0.3 is 0 Å². The highest BCUT2D eigenvalue weighted by Crippen LogP contribution is 2.44. The van der Waals surface area contributed by atoms with Crippen molar-refractivity contribution >= 4 is 57.1 Å². The fourth-order valence-corrected chi connectivity index (χ4v) is 5.68. The molecule has 0 radical (unpaired) electrons. The van der Waals surface area contributed by atoms with Crippen molar-refractivity contribution in [1.82, 2.24) is 10.6 Å². The molecule has 0 unspecified atom stereocenters. The van der Waals surface area contributed by atoms with Crippen LogP contribution < -0.4 is 10.6 Å². The lowest BCUT2D eigenvalue weighted by molar-refractivity contribution is 0.0824. The van der Waals surface area contributed by atoms with E-state index in [1.165, 1.54) is 22.7 Å². The van der Waals surface area contributed by atoms with Gasteiger partial charge in [0, 0.05) is 42.8 Å². The Morgan fingerprint density at radius 1 is 0.567 bits per heavy atom. The van der Waals surface area contributed by atoms with Gasteiger partial charge in [0.25, 0.3) is 23.6 Å². The molecule has 6 nitrogen and oxygen atoms in total. The summed E-state index contributed by atoms with van der Waals surface area (Å²) in [6, 6.07) is 10.7. The Balaban J connectivity index is 1.88. The van der Waals surface area contributed by atoms with E-state index >= 15 is 0 Å². The lowest BCUT2D eigenvalue weighted by atomic mass is 9.82. The van der Waals surface area contributed by atoms with E-state index < -0.39 is 23.6 Å². The molecule has 2 aliphatic rings. The number of carbonyl (C=O) groups excluding carboxylic acids is 4. The molecule has 2 N–H and O–H groups in total. The zero-order chi connectivity index (χ0) is 20.6. The summed E-state index contributed by atoms with van der Waals surface area (Å²) in [4.78, 5) is 52.9. The van der Waals surface area contributed by atoms with Crippen LogP contribution in [0, 0.1) is 0 Å². The first-order valence-electron chi connectivity index (χ1n) is 9.01. The Labute approximate surface area is 177 Å². The van der Waals surface area contributed by atoms with Crippen molar-refractivity contribution in [2.45, 2.75) is 0 Å². The van der Waals surface area contributed by atoms with E-state index in [9.17, 15) is 19.2 Å². The van der Waals surface area contributed by atoms with Crippen LogP contribution in [0.3, 0.4) is 0 Å². The van der Waals surface area contributed by atoms with Crippen molar-refractivity contribution in [2.24, 2.45) is 0 Å². The highest BCUT2D eigenvalue weighted by molar-refractivity contribution is 7.14. The van der Waals surface area contributed by atoms with Gasteiger partial charge in [-0.25, -0.2) is 0 Å². The molecule has 0 spiro atoms. The van der Waals surface area contributed by atoms with Crippen molar-refractivity contribution in [3.63, 3.8) is 0 Å². The van der Waals surface area contributed by atoms with Crippen LogP contribution in [0.5, 0.6) is 0 Å². The van der Waals surface area contributed by atoms with Crippen LogP contribution in [-0.4, -0.2) is 23.6 Å². The van der Waals surface area contributed by atoms with Gasteiger partial charge in [0.1, 0.15) is 0 Å². The molecule has 4 aromatic rings. The Morgan fingerprint density at radius 3 is 1.37 bits per heavy atom. The molecule has 2 aromatic carbocycles. The average Bonchev–Trinajstić information content (AvgIpc) is 3.43. The highest BCUT2D eigenvalue weighted by atomic mass is 32.1. The van der Waals surface area contributed by atoms with E-state index in [1.54, 1.807) is 12.1 Å². The van der Waals surface area contributed by atoms with Crippen LogP contribution in [-0.2, 0) is 0 Å². The second-order valence-electron chi connectivity index (χ2n) is 6.96. The Kier molecular flexibility index (Phi) is 3.42. The van der Waals surface area contributed by atoms with Gasteiger partial charge in [-0.3, -0.25) is 29.8 Å². The highest BCUT2D eigenvalue weighted by Gasteiger charge is 2.37. The number of nitrogens with one attached hydrogen (secondary N) is 2. The molecule has 30 heavy (non-hydrogen) atoms. The van der Waals surface area contributed by atoms with E-state index in [1.807, 2.05) is 35.0 Å². The Morgan fingerprint density at radius 2 is 1.00 bits per heavy atom. The third-order valence-electron chi connectivity index (χ3n) is 5.38. The Bertz CT molecular complexity index is 1340. The topological polar surface area (TPSA) is 92.3 Å². The van der Waals surface area contributed by atoms with E-state index in [4.69, 9.17) is 0 Å². The summed E-state index contributed by atoms with van der Waals surface area (Å²) < 4.78 is 0. The SMILES string of the molecule is O=C1NC(=O)c2c(-c3cccs3)cc3c4c(c(-c5cccs5)cc1c24)C(=O)NC3=O. The first kappa shape index (κ1) is 17.3. The molecule has 0 fully saturated rings. The van der Waals surface area contributed by atoms with Crippen LogP contribution >= 0.6 is 22.7 Å². The van der Waals surface area contributed by atoms with Gasteiger partial charge in [-0.05, 0) is 35.0 Å². The maximum Gasteiger partial charge on any atom is 0.259 e. The molecule has 0 bridgehead atoms. The third-order valence-corrected chi connectivity index (χ3v) is 7.18. The largest absolute Gasteiger partial charge is 0.288 e. The molecule has 0 aliphatic carbocycles. The van der Waals surface area contributed by atoms with Crippen LogP contribution in [0.1, 0.15) is 41.4 Å². The standard InChI is InChI=1S/C22H10N2O4S2/c25-19-11-7-9(13-3-1-5-29-13)17-15-12(20(26)23-21(17)27)8-10(14-4-2-6-30-14)18(16(11)15)22(28)24-19/h1-8H,(H,23,26,27)(H,24,25,28). The van der Waals surface area contributed by atoms with Gasteiger partial charge in [0.2, 0.25) is 0 Å². The van der Waals surface area contributed by atoms with Gasteiger partial charge < -0.3 is 0 Å². The molecule has 2 aliphatic heterocycles. The molecule has 4 heterocycles. The summed E-state index contributed by atoms with van der Waals surface area (Å²) in [5, 5.41) is 9.30. The Hall–Kier alpha value is -3.62. The van der Waals surface area contributed by atoms with Crippen molar-refractivity contribution in [3.05, 3.63) is 69.4 Å². The number of benzene rings is 2. The summed E-state index contributed by atoms with van der Waals surface area (Å²) in [5.74, 6) is -2.14. The summed E-state index contributed by atoms with van der Waals surface area (Å²) in [6.45, 7) is 0. The molecular formula is C22H10N2O4S2. The first-order valence-corrected chi connectivity index (χ1v) is 10.8. The van der Waals surface area contributed by atoms with Gasteiger partial charge in [0.15, 0.2) is 0 Å². The monoisotopic (exact) mass is 430 g/mol. The van der Waals surface area contributed by atoms with Crippen LogP contribution in [0.25, 0.3) is 31.7 Å². The molecule has 8 heteroatoms. The lowest BCUT2D eigenvalue weighted by Gasteiger charge is -2.26. The minimum Gasteiger partial charge on any atom is -0.288 e. The van der Waals surface area contributed by atoms with Crippen molar-refractivity contribution < 1.29 is 19.2 Å². The van der Waals surface area contributed by atoms with Gasteiger partial charge in [-0.15, -0.1) is 22.7 Å². The van der Waals surface area contributed by atoms with Crippen LogP contribution in [0.4, 0.5) is 0 Å². The van der Waals surface area contributed by atoms with Crippen LogP contribution in [0.2, 0.25) is 0 Å². The maximum absolute atomic E-state index is 12.9. The molecule has 6 rings (SSSR count). The molecule has 2 aromatic heterocycles. The summed E-state index contributed by atoms with van der Waals surface area (Å²) in [7, 11) is 0. The van der Waals surface area contributed by atoms with Gasteiger partial charge in [0.05, 0.1) is 11.1 Å². The van der Waals surface area contributed by atoms with E-state index in [0.717, 1.165) is 9.75 Å². The first-order chi connectivity index (χ1) is 14.5. The van der Waals surface area contributed by atoms with Crippen molar-refractivity contribution in [3.8, 4) is 20.9 Å². The fraction of sp³-hybridized carbons (Fsp3) is 0. The second kappa shape index (κ2) is 5.94. The second-order valence-corrected chi connectivity index (χ2v) is 8.86. The maximum atomic E-state index is 12.9. The molecule has 0 atom stereocenters. The predicted molar refractivity (Wildman–Crippen MR) is 114 cm³/mol. The summed E-state index contributed by atoms with van der Waals surface area (Å²) >= 11 is 2.86. The predicted octanol–water partition coefficient (Wildman–Crippen LogP) is 4.06. The normalized spacial score (nSPS) is 14.8.